The van der Waals surface area contributed by atoms with Crippen molar-refractivity contribution in [1.82, 2.24) is 4.98 Å². The third-order valence-corrected chi connectivity index (χ3v) is 5.56. The van der Waals surface area contributed by atoms with Gasteiger partial charge in [-0.05, 0) is 91.4 Å². The van der Waals surface area contributed by atoms with Gasteiger partial charge in [0.25, 0.3) is 5.91 Å². The number of aryl methyl sites for hydroxylation is 1. The van der Waals surface area contributed by atoms with Crippen molar-refractivity contribution in [2.24, 2.45) is 0 Å². The molecule has 5 nitrogen and oxygen atoms in total. The van der Waals surface area contributed by atoms with Crippen LogP contribution in [0.25, 0.3) is 0 Å². The summed E-state index contributed by atoms with van der Waals surface area (Å²) in [6.07, 6.45) is 1.82. The van der Waals surface area contributed by atoms with Gasteiger partial charge in [0, 0.05) is 24.4 Å². The number of carbonyl (C=O) groups excluding carboxylic acids is 1. The van der Waals surface area contributed by atoms with Gasteiger partial charge in [-0.3, -0.25) is 9.78 Å². The second-order valence-electron chi connectivity index (χ2n) is 7.33. The quantitative estimate of drug-likeness (QED) is 0.326. The molecule has 1 atom stereocenters. The number of ether oxygens (including phenoxy) is 2. The summed E-state index contributed by atoms with van der Waals surface area (Å²) >= 11 is 2.24. The Kier molecular flexibility index (Phi) is 8.43. The molecule has 1 N–H and O–H groups in total. The number of carbonyl (C=O) groups is 1. The van der Waals surface area contributed by atoms with Crippen LogP contribution in [0.5, 0.6) is 11.5 Å². The minimum atomic E-state index is -0.182. The van der Waals surface area contributed by atoms with Crippen molar-refractivity contribution in [3.63, 3.8) is 0 Å². The molecule has 2 aromatic carbocycles. The first kappa shape index (κ1) is 23.2. The molecule has 0 saturated heterocycles. The van der Waals surface area contributed by atoms with Gasteiger partial charge in [0.2, 0.25) is 0 Å². The molecule has 162 valence electrons. The van der Waals surface area contributed by atoms with E-state index in [2.05, 4.69) is 39.8 Å². The van der Waals surface area contributed by atoms with Crippen molar-refractivity contribution in [3.8, 4) is 11.5 Å². The van der Waals surface area contributed by atoms with E-state index in [-0.39, 0.29) is 12.0 Å². The molecular weight excluding hydrogens is 503 g/mol. The Morgan fingerprint density at radius 1 is 1.10 bits per heavy atom. The minimum Gasteiger partial charge on any atom is -0.456 e. The number of nitrogens with one attached hydrogen (secondary N) is 1. The maximum atomic E-state index is 12.7. The number of nitrogens with zero attached hydrogens (tertiary/aromatic N) is 1. The van der Waals surface area contributed by atoms with E-state index < -0.39 is 0 Å². The van der Waals surface area contributed by atoms with Crippen LogP contribution in [0.1, 0.15) is 42.0 Å². The van der Waals surface area contributed by atoms with Crippen LogP contribution in [0.4, 0.5) is 5.69 Å². The molecule has 0 saturated carbocycles. The minimum absolute atomic E-state index is 0.103. The van der Waals surface area contributed by atoms with E-state index in [0.717, 1.165) is 34.5 Å². The molecule has 1 unspecified atom stereocenters. The number of hydrogen-bond acceptors (Lipinski definition) is 4. The van der Waals surface area contributed by atoms with E-state index >= 15 is 0 Å². The van der Waals surface area contributed by atoms with Gasteiger partial charge >= 0.3 is 0 Å². The zero-order valence-corrected chi connectivity index (χ0v) is 20.2. The highest BCUT2D eigenvalue weighted by Crippen LogP contribution is 2.27. The Labute approximate surface area is 197 Å². The molecule has 0 spiro atoms. The van der Waals surface area contributed by atoms with Crippen molar-refractivity contribution in [2.75, 3.05) is 11.9 Å². The predicted octanol–water partition coefficient (Wildman–Crippen LogP) is 6.40. The second kappa shape index (κ2) is 11.2. The average molecular weight is 530 g/mol. The van der Waals surface area contributed by atoms with E-state index in [1.807, 2.05) is 74.5 Å². The number of hydrogen-bond donors (Lipinski definition) is 1. The zero-order chi connectivity index (χ0) is 22.2. The van der Waals surface area contributed by atoms with Gasteiger partial charge in [0.1, 0.15) is 11.5 Å². The number of anilines is 1. The lowest BCUT2D eigenvalue weighted by molar-refractivity contribution is 0.0663. The van der Waals surface area contributed by atoms with Crippen LogP contribution in [0.15, 0.2) is 60.7 Å². The average Bonchev–Trinajstić information content (AvgIpc) is 2.75. The van der Waals surface area contributed by atoms with Gasteiger partial charge in [-0.15, -0.1) is 0 Å². The predicted molar refractivity (Wildman–Crippen MR) is 132 cm³/mol. The van der Waals surface area contributed by atoms with Gasteiger partial charge < -0.3 is 14.8 Å². The molecule has 0 radical (unpaired) electrons. The second-order valence-corrected chi connectivity index (χ2v) is 8.49. The summed E-state index contributed by atoms with van der Waals surface area (Å²) in [7, 11) is 0. The molecule has 0 bridgehead atoms. The molecule has 6 heteroatoms. The molecule has 1 aromatic heterocycles. The summed E-state index contributed by atoms with van der Waals surface area (Å²) in [4.78, 5) is 17.3. The first-order valence-corrected chi connectivity index (χ1v) is 11.5. The van der Waals surface area contributed by atoms with Gasteiger partial charge in [0.15, 0.2) is 0 Å². The first-order valence-electron chi connectivity index (χ1n) is 10.4. The number of aromatic nitrogens is 1. The molecule has 0 aliphatic carbocycles. The van der Waals surface area contributed by atoms with Gasteiger partial charge in [-0.1, -0.05) is 19.1 Å². The maximum Gasteiger partial charge on any atom is 0.257 e. The zero-order valence-electron chi connectivity index (χ0n) is 18.0. The van der Waals surface area contributed by atoms with Crippen molar-refractivity contribution < 1.29 is 14.3 Å². The Bertz CT molecular complexity index is 1020. The highest BCUT2D eigenvalue weighted by atomic mass is 127. The molecule has 1 amide bonds. The number of pyridine rings is 1. The number of rotatable bonds is 9. The van der Waals surface area contributed by atoms with Crippen LogP contribution in [-0.4, -0.2) is 23.6 Å². The van der Waals surface area contributed by atoms with Crippen molar-refractivity contribution >= 4 is 34.2 Å². The number of amides is 1. The van der Waals surface area contributed by atoms with Gasteiger partial charge in [0.05, 0.1) is 20.9 Å². The van der Waals surface area contributed by atoms with Crippen LogP contribution in [0.3, 0.4) is 0 Å². The largest absolute Gasteiger partial charge is 0.456 e. The van der Waals surface area contributed by atoms with Crippen molar-refractivity contribution in [1.29, 1.82) is 0 Å². The van der Waals surface area contributed by atoms with E-state index in [1.165, 1.54) is 0 Å². The molecule has 0 aliphatic heterocycles. The molecule has 0 fully saturated rings. The summed E-state index contributed by atoms with van der Waals surface area (Å²) < 4.78 is 12.7. The van der Waals surface area contributed by atoms with Crippen molar-refractivity contribution in [2.45, 2.75) is 39.7 Å². The van der Waals surface area contributed by atoms with Crippen LogP contribution < -0.4 is 10.1 Å². The van der Waals surface area contributed by atoms with E-state index in [1.54, 1.807) is 0 Å². The van der Waals surface area contributed by atoms with E-state index in [0.29, 0.717) is 22.7 Å². The fourth-order valence-corrected chi connectivity index (χ4v) is 3.60. The Morgan fingerprint density at radius 3 is 2.52 bits per heavy atom. The molecule has 0 aliphatic rings. The van der Waals surface area contributed by atoms with Gasteiger partial charge in [-0.2, -0.15) is 0 Å². The Balaban J connectivity index is 1.61. The van der Waals surface area contributed by atoms with E-state index in [9.17, 15) is 4.79 Å². The highest BCUT2D eigenvalue weighted by molar-refractivity contribution is 14.1. The lowest BCUT2D eigenvalue weighted by Gasteiger charge is -2.13. The highest BCUT2D eigenvalue weighted by Gasteiger charge is 2.13. The van der Waals surface area contributed by atoms with Crippen LogP contribution in [0, 0.1) is 10.5 Å². The molecular formula is C25H27IN2O3. The first-order chi connectivity index (χ1) is 15.0. The van der Waals surface area contributed by atoms with Crippen molar-refractivity contribution in [3.05, 3.63) is 81.2 Å². The normalized spacial score (nSPS) is 11.7. The molecule has 3 aromatic rings. The SMILES string of the molecule is CCCOC(C)Cc1ccc(C(=O)Nc2ccc(Oc3ccccc3I)cc2)c(C)n1. The Hall–Kier alpha value is -2.45. The Morgan fingerprint density at radius 2 is 1.84 bits per heavy atom. The fraction of sp³-hybridized carbons (Fsp3) is 0.280. The third-order valence-electron chi connectivity index (χ3n) is 4.67. The summed E-state index contributed by atoms with van der Waals surface area (Å²) in [5, 5.41) is 2.93. The van der Waals surface area contributed by atoms with Crippen LogP contribution in [0.2, 0.25) is 0 Å². The van der Waals surface area contributed by atoms with Crippen LogP contribution in [-0.2, 0) is 11.2 Å². The monoisotopic (exact) mass is 530 g/mol. The number of halogens is 1. The standard InChI is InChI=1S/C25H27IN2O3/c1-4-15-30-17(2)16-20-11-14-22(18(3)27-20)25(29)28-19-9-12-21(13-10-19)31-24-8-6-5-7-23(24)26/h5-14,17H,4,15-16H2,1-3H3,(H,28,29). The maximum absolute atomic E-state index is 12.7. The van der Waals surface area contributed by atoms with Crippen LogP contribution >= 0.6 is 22.6 Å². The summed E-state index contributed by atoms with van der Waals surface area (Å²) in [6, 6.07) is 18.9. The van der Waals surface area contributed by atoms with E-state index in [4.69, 9.17) is 9.47 Å². The third kappa shape index (κ3) is 6.77. The van der Waals surface area contributed by atoms with Gasteiger partial charge in [-0.25, -0.2) is 0 Å². The fourth-order valence-electron chi connectivity index (χ4n) is 3.10. The summed E-state index contributed by atoms with van der Waals surface area (Å²) in [5.74, 6) is 1.33. The number of para-hydroxylation sites is 1. The smallest absolute Gasteiger partial charge is 0.257 e. The molecule has 1 heterocycles. The topological polar surface area (TPSA) is 60.5 Å². The number of benzene rings is 2. The lowest BCUT2D eigenvalue weighted by atomic mass is 10.1. The summed E-state index contributed by atoms with van der Waals surface area (Å²) in [6.45, 7) is 6.73. The molecule has 3 rings (SSSR count). The lowest BCUT2D eigenvalue weighted by Crippen LogP contribution is -2.16. The summed E-state index contributed by atoms with van der Waals surface area (Å²) in [5.41, 5.74) is 2.89. The molecule has 31 heavy (non-hydrogen) atoms.